The molecule has 0 saturated carbocycles. The van der Waals surface area contributed by atoms with Crippen molar-refractivity contribution >= 4 is 23.7 Å². The first kappa shape index (κ1) is 7.49. The molecule has 0 aliphatic rings. The lowest BCUT2D eigenvalue weighted by Gasteiger charge is -1.92. The highest BCUT2D eigenvalue weighted by Gasteiger charge is 1.95. The fourth-order valence-corrected chi connectivity index (χ4v) is 0.228. The summed E-state index contributed by atoms with van der Waals surface area (Å²) in [6.45, 7) is 0.995. The average molecular weight is 134 g/mol. The van der Waals surface area contributed by atoms with Gasteiger partial charge in [-0.2, -0.15) is 0 Å². The zero-order valence-electron chi connectivity index (χ0n) is 4.38. The van der Waals surface area contributed by atoms with Crippen LogP contribution >= 0.6 is 12.6 Å². The minimum atomic E-state index is -0.465. The van der Waals surface area contributed by atoms with Crippen molar-refractivity contribution in [3.05, 3.63) is 0 Å². The van der Waals surface area contributed by atoms with Crippen LogP contribution in [0.25, 0.3) is 0 Å². The van der Waals surface area contributed by atoms with Crippen molar-refractivity contribution in [2.24, 2.45) is 0 Å². The fourth-order valence-electron chi connectivity index (χ4n) is 0.163. The van der Waals surface area contributed by atoms with E-state index in [1.165, 1.54) is 6.92 Å². The maximum absolute atomic E-state index is 9.94. The summed E-state index contributed by atoms with van der Waals surface area (Å²) < 4.78 is 4.24. The Kier molecular flexibility index (Phi) is 3.26. The number of rotatable bonds is 2. The van der Waals surface area contributed by atoms with Crippen LogP contribution in [0.5, 0.6) is 0 Å². The van der Waals surface area contributed by atoms with Gasteiger partial charge in [0.25, 0.3) is 0 Å². The van der Waals surface area contributed by atoms with Crippen LogP contribution < -0.4 is 0 Å². The number of esters is 1. The molecule has 0 N–H and O–H groups in total. The van der Waals surface area contributed by atoms with Gasteiger partial charge >= 0.3 is 5.97 Å². The van der Waals surface area contributed by atoms with Crippen molar-refractivity contribution in [1.82, 2.24) is 0 Å². The summed E-state index contributed by atoms with van der Waals surface area (Å²) in [4.78, 5) is 19.9. The summed E-state index contributed by atoms with van der Waals surface area (Å²) >= 11 is 3.36. The number of thiol groups is 1. The molecule has 0 atom stereocenters. The largest absolute Gasteiger partial charge is 0.457 e. The predicted octanol–water partition coefficient (Wildman–Crippen LogP) is 0.00590. The van der Waals surface area contributed by atoms with Crippen LogP contribution in [-0.4, -0.2) is 17.7 Å². The third kappa shape index (κ3) is 5.49. The SMILES string of the molecule is CC(=O)OCC(=O)S. The summed E-state index contributed by atoms with van der Waals surface area (Å²) in [5.41, 5.74) is 0. The molecule has 0 saturated heterocycles. The molecule has 0 heterocycles. The van der Waals surface area contributed by atoms with Crippen molar-refractivity contribution in [3.63, 3.8) is 0 Å². The Balaban J connectivity index is 3.18. The van der Waals surface area contributed by atoms with Gasteiger partial charge in [-0.15, -0.1) is 12.6 Å². The lowest BCUT2D eigenvalue weighted by atomic mass is 10.7. The average Bonchev–Trinajstić information content (AvgIpc) is 1.61. The highest BCUT2D eigenvalue weighted by molar-refractivity contribution is 7.96. The van der Waals surface area contributed by atoms with Gasteiger partial charge in [-0.1, -0.05) is 0 Å². The molecule has 0 aliphatic heterocycles. The zero-order valence-corrected chi connectivity index (χ0v) is 5.27. The summed E-state index contributed by atoms with van der Waals surface area (Å²) in [5.74, 6) is -0.465. The lowest BCUT2D eigenvalue weighted by molar-refractivity contribution is -0.143. The van der Waals surface area contributed by atoms with Crippen LogP contribution in [0, 0.1) is 0 Å². The summed E-state index contributed by atoms with van der Waals surface area (Å²) in [6.07, 6.45) is 0. The van der Waals surface area contributed by atoms with E-state index < -0.39 is 11.1 Å². The van der Waals surface area contributed by atoms with Crippen molar-refractivity contribution < 1.29 is 14.3 Å². The molecule has 4 heteroatoms. The standard InChI is InChI=1S/C4H6O3S/c1-3(5)7-2-4(6)8/h2H2,1H3,(H,6,8). The van der Waals surface area contributed by atoms with Gasteiger partial charge in [-0.3, -0.25) is 9.59 Å². The van der Waals surface area contributed by atoms with Gasteiger partial charge in [0.15, 0.2) is 6.61 Å². The molecule has 0 amide bonds. The van der Waals surface area contributed by atoms with E-state index in [0.29, 0.717) is 0 Å². The van der Waals surface area contributed by atoms with Gasteiger partial charge in [0, 0.05) is 6.92 Å². The third-order valence-corrected chi connectivity index (χ3v) is 0.528. The topological polar surface area (TPSA) is 43.4 Å². The van der Waals surface area contributed by atoms with Crippen molar-refractivity contribution in [2.45, 2.75) is 6.92 Å². The van der Waals surface area contributed by atoms with E-state index in [-0.39, 0.29) is 6.61 Å². The first-order valence-electron chi connectivity index (χ1n) is 1.98. The van der Waals surface area contributed by atoms with Crippen LogP contribution in [0.2, 0.25) is 0 Å². The van der Waals surface area contributed by atoms with Gasteiger partial charge in [0.1, 0.15) is 0 Å². The predicted molar refractivity (Wildman–Crippen MR) is 30.6 cm³/mol. The van der Waals surface area contributed by atoms with E-state index in [1.807, 2.05) is 0 Å². The van der Waals surface area contributed by atoms with E-state index >= 15 is 0 Å². The van der Waals surface area contributed by atoms with Crippen LogP contribution in [0.1, 0.15) is 6.92 Å². The van der Waals surface area contributed by atoms with E-state index in [2.05, 4.69) is 17.4 Å². The van der Waals surface area contributed by atoms with Crippen LogP contribution in [0.3, 0.4) is 0 Å². The highest BCUT2D eigenvalue weighted by Crippen LogP contribution is 1.80. The lowest BCUT2D eigenvalue weighted by Crippen LogP contribution is -2.05. The van der Waals surface area contributed by atoms with Gasteiger partial charge in [-0.05, 0) is 0 Å². The molecular weight excluding hydrogens is 128 g/mol. The molecule has 0 aliphatic carbocycles. The monoisotopic (exact) mass is 134 g/mol. The Bertz CT molecular complexity index is 95.9. The quantitative estimate of drug-likeness (QED) is 0.427. The molecule has 0 rings (SSSR count). The maximum atomic E-state index is 9.94. The smallest absolute Gasteiger partial charge is 0.303 e. The first-order chi connectivity index (χ1) is 3.63. The van der Waals surface area contributed by atoms with E-state index in [0.717, 1.165) is 0 Å². The molecule has 8 heavy (non-hydrogen) atoms. The molecule has 0 spiro atoms. The Morgan fingerprint density at radius 2 is 2.12 bits per heavy atom. The van der Waals surface area contributed by atoms with E-state index in [1.54, 1.807) is 0 Å². The second-order valence-electron chi connectivity index (χ2n) is 1.17. The van der Waals surface area contributed by atoms with Gasteiger partial charge in [0.2, 0.25) is 5.12 Å². The number of hydrogen-bond donors (Lipinski definition) is 1. The van der Waals surface area contributed by atoms with Gasteiger partial charge in [-0.25, -0.2) is 0 Å². The van der Waals surface area contributed by atoms with E-state index in [9.17, 15) is 9.59 Å². The molecule has 0 aromatic carbocycles. The summed E-state index contributed by atoms with van der Waals surface area (Å²) in [6, 6.07) is 0. The molecule has 0 aromatic heterocycles. The second-order valence-corrected chi connectivity index (χ2v) is 1.67. The Labute approximate surface area is 52.4 Å². The Hall–Kier alpha value is -0.510. The highest BCUT2D eigenvalue weighted by atomic mass is 32.1. The Morgan fingerprint density at radius 3 is 2.25 bits per heavy atom. The van der Waals surface area contributed by atoms with Crippen molar-refractivity contribution in [3.8, 4) is 0 Å². The Morgan fingerprint density at radius 1 is 1.62 bits per heavy atom. The van der Waals surface area contributed by atoms with Gasteiger partial charge in [0.05, 0.1) is 0 Å². The number of ether oxygens (including phenoxy) is 1. The normalized spacial score (nSPS) is 8.25. The van der Waals surface area contributed by atoms with Crippen LogP contribution in [0.15, 0.2) is 0 Å². The van der Waals surface area contributed by atoms with Crippen molar-refractivity contribution in [1.29, 1.82) is 0 Å². The zero-order chi connectivity index (χ0) is 6.57. The molecule has 0 unspecified atom stereocenters. The first-order valence-corrected chi connectivity index (χ1v) is 2.43. The molecule has 0 radical (unpaired) electrons. The summed E-state index contributed by atoms with van der Waals surface area (Å²) in [7, 11) is 0. The molecule has 0 aromatic rings. The minimum absolute atomic E-state index is 0.238. The van der Waals surface area contributed by atoms with E-state index in [4.69, 9.17) is 0 Å². The van der Waals surface area contributed by atoms with Gasteiger partial charge < -0.3 is 4.74 Å². The summed E-state index contributed by atoms with van der Waals surface area (Å²) in [5, 5.41) is -0.444. The van der Waals surface area contributed by atoms with Crippen LogP contribution in [0.4, 0.5) is 0 Å². The molecule has 3 nitrogen and oxygen atoms in total. The molecular formula is C4H6O3S. The number of carbonyl (C=O) groups excluding carboxylic acids is 2. The molecule has 46 valence electrons. The maximum Gasteiger partial charge on any atom is 0.303 e. The minimum Gasteiger partial charge on any atom is -0.457 e. The van der Waals surface area contributed by atoms with Crippen molar-refractivity contribution in [2.75, 3.05) is 6.61 Å². The van der Waals surface area contributed by atoms with Crippen LogP contribution in [-0.2, 0) is 14.3 Å². The molecule has 0 fully saturated rings. The third-order valence-electron chi connectivity index (χ3n) is 0.399. The second kappa shape index (κ2) is 3.49. The number of hydrogen-bond acceptors (Lipinski definition) is 3. The fraction of sp³-hybridized carbons (Fsp3) is 0.500. The molecule has 0 bridgehead atoms. The number of carbonyl (C=O) groups is 2.